The van der Waals surface area contributed by atoms with Crippen LogP contribution >= 0.6 is 0 Å². The standard InChI is InChI=1S/C29H23F2N7O3/c1-32-20-9-19(30)23(31)21-22-25(37(2)3)17(11-34-27(22)36-24(20)21)15-8-16-26(39)18(29(40)41)13-38(28(16)35-10-15)12-14-4-6-33-7-5-14/h4-11,13,32H,12H2,1-3H3,(H,34,36)(H,40,41). The highest BCUT2D eigenvalue weighted by molar-refractivity contribution is 6.18. The number of anilines is 2. The molecule has 5 heterocycles. The topological polar surface area (TPSA) is 129 Å². The largest absolute Gasteiger partial charge is 0.477 e. The van der Waals surface area contributed by atoms with Gasteiger partial charge < -0.3 is 24.9 Å². The van der Waals surface area contributed by atoms with Crippen molar-refractivity contribution in [2.45, 2.75) is 6.54 Å². The molecule has 0 aliphatic heterocycles. The van der Waals surface area contributed by atoms with Gasteiger partial charge in [0.25, 0.3) is 0 Å². The fraction of sp³-hybridized carbons (Fsp3) is 0.138. The molecule has 0 fully saturated rings. The fourth-order valence-corrected chi connectivity index (χ4v) is 5.19. The van der Waals surface area contributed by atoms with Crippen molar-refractivity contribution in [1.29, 1.82) is 0 Å². The molecule has 0 saturated heterocycles. The average Bonchev–Trinajstić information content (AvgIpc) is 3.36. The number of fused-ring (bicyclic) bond motifs is 4. The molecular weight excluding hydrogens is 532 g/mol. The van der Waals surface area contributed by atoms with Crippen LogP contribution < -0.4 is 15.6 Å². The highest BCUT2D eigenvalue weighted by Gasteiger charge is 2.24. The first-order chi connectivity index (χ1) is 19.7. The Morgan fingerprint density at radius 2 is 1.88 bits per heavy atom. The van der Waals surface area contributed by atoms with Gasteiger partial charge in [-0.2, -0.15) is 0 Å². The SMILES string of the molecule is CNc1cc(F)c(F)c2c1[nH]c1ncc(-c3cnc4c(c3)c(=O)c(C(=O)O)cn4Cc3ccncc3)c(N(C)C)c12. The van der Waals surface area contributed by atoms with Gasteiger partial charge in [0.15, 0.2) is 11.6 Å². The van der Waals surface area contributed by atoms with Crippen molar-refractivity contribution in [1.82, 2.24) is 24.5 Å². The first-order valence-corrected chi connectivity index (χ1v) is 12.5. The van der Waals surface area contributed by atoms with Gasteiger partial charge in [-0.3, -0.25) is 9.78 Å². The minimum Gasteiger partial charge on any atom is -0.477 e. The number of aromatic carboxylic acids is 1. The van der Waals surface area contributed by atoms with Gasteiger partial charge in [-0.15, -0.1) is 0 Å². The van der Waals surface area contributed by atoms with Gasteiger partial charge in [-0.1, -0.05) is 0 Å². The highest BCUT2D eigenvalue weighted by Crippen LogP contribution is 2.42. The number of aromatic nitrogens is 5. The molecule has 10 nitrogen and oxygen atoms in total. The van der Waals surface area contributed by atoms with Gasteiger partial charge in [0, 0.05) is 75.9 Å². The monoisotopic (exact) mass is 555 g/mol. The van der Waals surface area contributed by atoms with Gasteiger partial charge in [-0.25, -0.2) is 23.5 Å². The molecule has 3 N–H and O–H groups in total. The number of carbonyl (C=O) groups is 1. The Morgan fingerprint density at radius 3 is 2.56 bits per heavy atom. The summed E-state index contributed by atoms with van der Waals surface area (Å²) in [6, 6.07) is 6.20. The lowest BCUT2D eigenvalue weighted by Crippen LogP contribution is -2.20. The summed E-state index contributed by atoms with van der Waals surface area (Å²) >= 11 is 0. The minimum atomic E-state index is -1.36. The van der Waals surface area contributed by atoms with Gasteiger partial charge in [-0.05, 0) is 23.8 Å². The Bertz CT molecular complexity index is 2070. The summed E-state index contributed by atoms with van der Waals surface area (Å²) in [6.07, 6.45) is 7.62. The number of H-pyrrole nitrogens is 1. The summed E-state index contributed by atoms with van der Waals surface area (Å²) in [4.78, 5) is 43.2. The molecule has 0 atom stereocenters. The van der Waals surface area contributed by atoms with E-state index in [0.29, 0.717) is 44.7 Å². The van der Waals surface area contributed by atoms with Crippen molar-refractivity contribution in [3.63, 3.8) is 0 Å². The maximum Gasteiger partial charge on any atom is 0.341 e. The number of carboxylic acids is 1. The normalized spacial score (nSPS) is 11.4. The number of hydrogen-bond acceptors (Lipinski definition) is 7. The Balaban J connectivity index is 1.64. The third kappa shape index (κ3) is 4.11. The fourth-order valence-electron chi connectivity index (χ4n) is 5.19. The highest BCUT2D eigenvalue weighted by atomic mass is 19.2. The lowest BCUT2D eigenvalue weighted by molar-refractivity contribution is 0.0695. The number of carboxylic acid groups (broad SMARTS) is 1. The zero-order valence-electron chi connectivity index (χ0n) is 22.2. The number of aromatic amines is 1. The molecule has 41 heavy (non-hydrogen) atoms. The van der Waals surface area contributed by atoms with Crippen molar-refractivity contribution in [2.24, 2.45) is 0 Å². The van der Waals surface area contributed by atoms with Crippen molar-refractivity contribution < 1.29 is 18.7 Å². The van der Waals surface area contributed by atoms with E-state index >= 15 is 4.39 Å². The third-order valence-corrected chi connectivity index (χ3v) is 7.04. The van der Waals surface area contributed by atoms with E-state index in [9.17, 15) is 19.1 Å². The molecule has 6 aromatic rings. The molecule has 0 unspecified atom stereocenters. The van der Waals surface area contributed by atoms with E-state index in [0.717, 1.165) is 11.6 Å². The van der Waals surface area contributed by atoms with Crippen LogP contribution in [0.15, 0.2) is 60.0 Å². The molecular formula is C29H23F2N7O3. The number of hydrogen-bond donors (Lipinski definition) is 3. The minimum absolute atomic E-state index is 0.0315. The molecule has 0 radical (unpaired) electrons. The van der Waals surface area contributed by atoms with Crippen molar-refractivity contribution in [2.75, 3.05) is 31.4 Å². The molecule has 12 heteroatoms. The Morgan fingerprint density at radius 1 is 1.12 bits per heavy atom. The molecule has 0 spiro atoms. The Hall–Kier alpha value is -5.39. The van der Waals surface area contributed by atoms with Crippen LogP contribution in [0.5, 0.6) is 0 Å². The quantitative estimate of drug-likeness (QED) is 0.272. The number of rotatable bonds is 6. The van der Waals surface area contributed by atoms with Crippen LogP contribution in [-0.4, -0.2) is 56.7 Å². The van der Waals surface area contributed by atoms with Crippen LogP contribution in [0.1, 0.15) is 15.9 Å². The van der Waals surface area contributed by atoms with E-state index in [4.69, 9.17) is 0 Å². The third-order valence-electron chi connectivity index (χ3n) is 7.04. The lowest BCUT2D eigenvalue weighted by atomic mass is 10.0. The zero-order valence-corrected chi connectivity index (χ0v) is 22.2. The maximum absolute atomic E-state index is 15.3. The summed E-state index contributed by atoms with van der Waals surface area (Å²) < 4.78 is 31.5. The maximum atomic E-state index is 15.3. The Labute approximate surface area is 230 Å². The first-order valence-electron chi connectivity index (χ1n) is 12.5. The van der Waals surface area contributed by atoms with Gasteiger partial charge in [0.2, 0.25) is 5.43 Å². The average molecular weight is 556 g/mol. The van der Waals surface area contributed by atoms with Crippen LogP contribution in [0.4, 0.5) is 20.2 Å². The van der Waals surface area contributed by atoms with Crippen molar-refractivity contribution in [3.05, 3.63) is 88.2 Å². The van der Waals surface area contributed by atoms with E-state index in [-0.39, 0.29) is 17.3 Å². The predicted molar refractivity (Wildman–Crippen MR) is 153 cm³/mol. The van der Waals surface area contributed by atoms with Crippen LogP contribution in [0.25, 0.3) is 44.1 Å². The second kappa shape index (κ2) is 9.66. The molecule has 1 aromatic carbocycles. The molecule has 0 aliphatic carbocycles. The number of halogens is 2. The molecule has 5 aromatic heterocycles. The van der Waals surface area contributed by atoms with Crippen molar-refractivity contribution in [3.8, 4) is 11.1 Å². The van der Waals surface area contributed by atoms with Crippen LogP contribution in [-0.2, 0) is 6.54 Å². The van der Waals surface area contributed by atoms with E-state index in [1.54, 1.807) is 73.6 Å². The molecule has 0 bridgehead atoms. The van der Waals surface area contributed by atoms with E-state index in [2.05, 4.69) is 25.3 Å². The number of nitrogens with zero attached hydrogens (tertiary/aromatic N) is 5. The Kier molecular flexibility index (Phi) is 6.10. The van der Waals surface area contributed by atoms with Crippen molar-refractivity contribution >= 4 is 50.3 Å². The van der Waals surface area contributed by atoms with E-state index in [1.807, 2.05) is 0 Å². The van der Waals surface area contributed by atoms with Crippen LogP contribution in [0, 0.1) is 11.6 Å². The number of nitrogens with one attached hydrogen (secondary N) is 2. The summed E-state index contributed by atoms with van der Waals surface area (Å²) in [5, 5.41) is 13.1. The zero-order chi connectivity index (χ0) is 29.0. The molecule has 6 rings (SSSR count). The molecule has 0 saturated carbocycles. The number of benzene rings is 1. The lowest BCUT2D eigenvalue weighted by Gasteiger charge is -2.19. The second-order valence-electron chi connectivity index (χ2n) is 9.74. The van der Waals surface area contributed by atoms with E-state index < -0.39 is 28.6 Å². The summed E-state index contributed by atoms with van der Waals surface area (Å²) in [7, 11) is 5.12. The molecule has 206 valence electrons. The van der Waals surface area contributed by atoms with Crippen LogP contribution in [0.3, 0.4) is 0 Å². The number of pyridine rings is 4. The molecule has 0 amide bonds. The first kappa shape index (κ1) is 25.9. The van der Waals surface area contributed by atoms with Gasteiger partial charge in [0.1, 0.15) is 16.9 Å². The summed E-state index contributed by atoms with van der Waals surface area (Å²) in [6.45, 7) is 0.260. The van der Waals surface area contributed by atoms with Gasteiger partial charge >= 0.3 is 5.97 Å². The van der Waals surface area contributed by atoms with Crippen LogP contribution in [0.2, 0.25) is 0 Å². The van der Waals surface area contributed by atoms with Gasteiger partial charge in [0.05, 0.1) is 33.1 Å². The summed E-state index contributed by atoms with van der Waals surface area (Å²) in [5.41, 5.74) is 2.57. The second-order valence-corrected chi connectivity index (χ2v) is 9.74. The summed E-state index contributed by atoms with van der Waals surface area (Å²) in [5.74, 6) is -3.39. The predicted octanol–water partition coefficient (Wildman–Crippen LogP) is 4.62. The van der Waals surface area contributed by atoms with E-state index in [1.165, 1.54) is 6.20 Å². The smallest absolute Gasteiger partial charge is 0.341 e. The molecule has 0 aliphatic rings.